The number of anilines is 1. The van der Waals surface area contributed by atoms with Crippen molar-refractivity contribution < 1.29 is 14.5 Å². The number of methoxy groups -OCH3 is 1. The molecule has 30 heavy (non-hydrogen) atoms. The van der Waals surface area contributed by atoms with E-state index in [1.54, 1.807) is 12.1 Å². The molecule has 158 valence electrons. The highest BCUT2D eigenvalue weighted by Gasteiger charge is 2.33. The lowest BCUT2D eigenvalue weighted by atomic mass is 9.99. The molecule has 1 atom stereocenters. The van der Waals surface area contributed by atoms with Crippen molar-refractivity contribution in [2.75, 3.05) is 18.6 Å². The summed E-state index contributed by atoms with van der Waals surface area (Å²) in [7, 11) is 1.29. The van der Waals surface area contributed by atoms with Crippen LogP contribution in [-0.4, -0.2) is 39.3 Å². The van der Waals surface area contributed by atoms with Crippen molar-refractivity contribution in [3.8, 4) is 0 Å². The van der Waals surface area contributed by atoms with Crippen molar-refractivity contribution in [3.05, 3.63) is 51.6 Å². The molecular formula is C21H25N5O4. The minimum absolute atomic E-state index is 0.0206. The van der Waals surface area contributed by atoms with Gasteiger partial charge >= 0.3 is 5.97 Å². The Balaban J connectivity index is 1.70. The third-order valence-corrected chi connectivity index (χ3v) is 5.81. The number of nitrogens with zero attached hydrogens (tertiary/aromatic N) is 5. The number of carbonyl (C=O) groups is 1. The van der Waals surface area contributed by atoms with Gasteiger partial charge in [0.25, 0.3) is 5.69 Å². The van der Waals surface area contributed by atoms with Crippen LogP contribution in [0.25, 0.3) is 6.08 Å². The topological polar surface area (TPSA) is 103 Å². The molecule has 1 aromatic carbocycles. The van der Waals surface area contributed by atoms with Gasteiger partial charge in [-0.05, 0) is 49.8 Å². The van der Waals surface area contributed by atoms with Crippen molar-refractivity contribution in [2.24, 2.45) is 0 Å². The number of aromatic nitrogens is 3. The quantitative estimate of drug-likeness (QED) is 0.321. The van der Waals surface area contributed by atoms with Gasteiger partial charge in [-0.15, -0.1) is 10.2 Å². The van der Waals surface area contributed by atoms with Gasteiger partial charge in [-0.2, -0.15) is 0 Å². The lowest BCUT2D eigenvalue weighted by Gasteiger charge is -2.37. The molecule has 1 unspecified atom stereocenters. The number of benzene rings is 1. The maximum atomic E-state index is 11.9. The first-order valence-corrected chi connectivity index (χ1v) is 10.3. The number of carbonyl (C=O) groups excluding carboxylic acids is 1. The Morgan fingerprint density at radius 2 is 2.07 bits per heavy atom. The summed E-state index contributed by atoms with van der Waals surface area (Å²) in [6.07, 6.45) is 8.84. The summed E-state index contributed by atoms with van der Waals surface area (Å²) in [6.45, 7) is 1.63. The average molecular weight is 411 g/mol. The van der Waals surface area contributed by atoms with E-state index in [9.17, 15) is 14.9 Å². The Hall–Kier alpha value is -3.23. The molecule has 0 radical (unpaired) electrons. The lowest BCUT2D eigenvalue weighted by Crippen LogP contribution is -2.36. The summed E-state index contributed by atoms with van der Waals surface area (Å²) in [6, 6.07) is 5.01. The van der Waals surface area contributed by atoms with Crippen molar-refractivity contribution >= 4 is 23.4 Å². The maximum Gasteiger partial charge on any atom is 0.330 e. The van der Waals surface area contributed by atoms with Crippen LogP contribution >= 0.6 is 0 Å². The number of ether oxygens (including phenoxy) is 1. The molecule has 0 aliphatic carbocycles. The Kier molecular flexibility index (Phi) is 5.78. The summed E-state index contributed by atoms with van der Waals surface area (Å²) < 4.78 is 6.79. The molecular weight excluding hydrogens is 386 g/mol. The molecule has 2 aliphatic rings. The molecule has 0 spiro atoms. The van der Waals surface area contributed by atoms with Gasteiger partial charge in [-0.25, -0.2) is 4.79 Å². The van der Waals surface area contributed by atoms with Crippen molar-refractivity contribution in [2.45, 2.75) is 51.1 Å². The number of piperidine rings is 1. The van der Waals surface area contributed by atoms with Crippen LogP contribution in [-0.2, 0) is 22.5 Å². The maximum absolute atomic E-state index is 11.9. The number of rotatable bonds is 5. The fourth-order valence-corrected chi connectivity index (χ4v) is 4.33. The van der Waals surface area contributed by atoms with Crippen LogP contribution in [0.15, 0.2) is 24.3 Å². The monoisotopic (exact) mass is 411 g/mol. The zero-order chi connectivity index (χ0) is 21.1. The summed E-state index contributed by atoms with van der Waals surface area (Å²) >= 11 is 0. The predicted molar refractivity (Wildman–Crippen MR) is 111 cm³/mol. The van der Waals surface area contributed by atoms with E-state index >= 15 is 0 Å². The van der Waals surface area contributed by atoms with Crippen LogP contribution in [0.3, 0.4) is 0 Å². The Morgan fingerprint density at radius 3 is 2.87 bits per heavy atom. The first kappa shape index (κ1) is 20.1. The zero-order valence-corrected chi connectivity index (χ0v) is 17.0. The first-order valence-electron chi connectivity index (χ1n) is 10.3. The molecule has 3 heterocycles. The number of nitro groups is 1. The summed E-state index contributed by atoms with van der Waals surface area (Å²) in [5.41, 5.74) is 1.17. The standard InChI is InChI=1S/C21H25N5O4/c1-30-20(27)11-9-15-8-10-16(18(14-15)26(28)29)24-12-4-2-6-17(24)21-23-22-19-7-3-5-13-25(19)21/h8-11,14,17H,2-7,12-13H2,1H3/b11-9+. The van der Waals surface area contributed by atoms with E-state index in [0.29, 0.717) is 11.3 Å². The molecule has 0 bridgehead atoms. The third kappa shape index (κ3) is 3.92. The highest BCUT2D eigenvalue weighted by atomic mass is 16.6. The van der Waals surface area contributed by atoms with Gasteiger partial charge < -0.3 is 14.2 Å². The molecule has 9 heteroatoms. The van der Waals surface area contributed by atoms with Gasteiger partial charge in [-0.3, -0.25) is 10.1 Å². The highest BCUT2D eigenvalue weighted by Crippen LogP contribution is 2.40. The van der Waals surface area contributed by atoms with E-state index in [1.165, 1.54) is 25.3 Å². The van der Waals surface area contributed by atoms with E-state index in [0.717, 1.165) is 63.3 Å². The summed E-state index contributed by atoms with van der Waals surface area (Å²) in [4.78, 5) is 24.9. The van der Waals surface area contributed by atoms with E-state index in [4.69, 9.17) is 0 Å². The van der Waals surface area contributed by atoms with Crippen LogP contribution in [0.2, 0.25) is 0 Å². The van der Waals surface area contributed by atoms with Crippen LogP contribution in [0.5, 0.6) is 0 Å². The van der Waals surface area contributed by atoms with Crippen LogP contribution in [0.1, 0.15) is 55.4 Å². The number of hydrogen-bond acceptors (Lipinski definition) is 7. The molecule has 1 fully saturated rings. The number of aryl methyl sites for hydroxylation is 1. The van der Waals surface area contributed by atoms with Crippen molar-refractivity contribution in [3.63, 3.8) is 0 Å². The van der Waals surface area contributed by atoms with Gasteiger partial charge in [0.15, 0.2) is 5.82 Å². The number of fused-ring (bicyclic) bond motifs is 1. The number of nitro benzene ring substituents is 1. The molecule has 1 aromatic heterocycles. The first-order chi connectivity index (χ1) is 14.6. The second kappa shape index (κ2) is 8.64. The summed E-state index contributed by atoms with van der Waals surface area (Å²) in [5.74, 6) is 1.42. The molecule has 0 saturated carbocycles. The number of hydrogen-bond donors (Lipinski definition) is 0. The molecule has 0 amide bonds. The molecule has 9 nitrogen and oxygen atoms in total. The third-order valence-electron chi connectivity index (χ3n) is 5.81. The SMILES string of the molecule is COC(=O)/C=C/c1ccc(N2CCCCC2c2nnc3n2CCCC3)c([N+](=O)[O-])c1. The Morgan fingerprint density at radius 1 is 1.23 bits per heavy atom. The molecule has 4 rings (SSSR count). The minimum Gasteiger partial charge on any atom is -0.466 e. The largest absolute Gasteiger partial charge is 0.466 e. The van der Waals surface area contributed by atoms with E-state index in [2.05, 4.69) is 24.4 Å². The second-order valence-electron chi connectivity index (χ2n) is 7.65. The fourth-order valence-electron chi connectivity index (χ4n) is 4.33. The van der Waals surface area contributed by atoms with Gasteiger partial charge in [-0.1, -0.05) is 6.07 Å². The Bertz CT molecular complexity index is 984. The predicted octanol–water partition coefficient (Wildman–Crippen LogP) is 3.44. The number of esters is 1. The zero-order valence-electron chi connectivity index (χ0n) is 17.0. The highest BCUT2D eigenvalue weighted by molar-refractivity contribution is 5.87. The van der Waals surface area contributed by atoms with E-state index in [-0.39, 0.29) is 16.7 Å². The minimum atomic E-state index is -0.505. The van der Waals surface area contributed by atoms with Gasteiger partial charge in [0.2, 0.25) is 0 Å². The molecule has 2 aliphatic heterocycles. The van der Waals surface area contributed by atoms with E-state index in [1.807, 2.05) is 0 Å². The lowest BCUT2D eigenvalue weighted by molar-refractivity contribution is -0.384. The molecule has 0 N–H and O–H groups in total. The molecule has 2 aromatic rings. The smallest absolute Gasteiger partial charge is 0.330 e. The van der Waals surface area contributed by atoms with Gasteiger partial charge in [0.05, 0.1) is 18.1 Å². The average Bonchev–Trinajstić information content (AvgIpc) is 3.21. The normalized spacial score (nSPS) is 19.0. The van der Waals surface area contributed by atoms with Gasteiger partial charge in [0, 0.05) is 31.7 Å². The summed E-state index contributed by atoms with van der Waals surface area (Å²) in [5, 5.41) is 20.7. The van der Waals surface area contributed by atoms with Crippen molar-refractivity contribution in [1.29, 1.82) is 0 Å². The van der Waals surface area contributed by atoms with Crippen molar-refractivity contribution in [1.82, 2.24) is 14.8 Å². The molecule has 1 saturated heterocycles. The van der Waals surface area contributed by atoms with E-state index < -0.39 is 5.97 Å². The van der Waals surface area contributed by atoms with Crippen LogP contribution in [0.4, 0.5) is 11.4 Å². The van der Waals surface area contributed by atoms with Crippen LogP contribution in [0, 0.1) is 10.1 Å². The Labute approximate surface area is 174 Å². The second-order valence-corrected chi connectivity index (χ2v) is 7.65. The van der Waals surface area contributed by atoms with Crippen LogP contribution < -0.4 is 4.90 Å². The fraction of sp³-hybridized carbons (Fsp3) is 0.476. The van der Waals surface area contributed by atoms with Gasteiger partial charge in [0.1, 0.15) is 11.5 Å².